The molecule has 0 radical (unpaired) electrons. The summed E-state index contributed by atoms with van der Waals surface area (Å²) in [4.78, 5) is 4.90. The second-order valence-corrected chi connectivity index (χ2v) is 8.18. The molecule has 1 aliphatic rings. The van der Waals surface area contributed by atoms with Gasteiger partial charge in [0.05, 0.1) is 13.7 Å². The minimum absolute atomic E-state index is 0.0842. The first-order valence-corrected chi connectivity index (χ1v) is 11.1. The monoisotopic (exact) mass is 436 g/mol. The summed E-state index contributed by atoms with van der Waals surface area (Å²) in [6.07, 6.45) is -0.0842. The van der Waals surface area contributed by atoms with E-state index in [2.05, 4.69) is 46.2 Å². The minimum Gasteiger partial charge on any atom is -0.497 e. The normalized spacial score (nSPS) is 15.6. The molecule has 0 bridgehead atoms. The van der Waals surface area contributed by atoms with E-state index in [1.165, 1.54) is 5.69 Å². The molecular weight excluding hydrogens is 408 g/mol. The third-order valence-corrected chi connectivity index (χ3v) is 6.03. The maximum absolute atomic E-state index is 6.38. The summed E-state index contributed by atoms with van der Waals surface area (Å²) in [6.45, 7) is 5.72. The van der Waals surface area contributed by atoms with Crippen molar-refractivity contribution in [1.29, 1.82) is 0 Å². The summed E-state index contributed by atoms with van der Waals surface area (Å²) in [5.74, 6) is 0.896. The van der Waals surface area contributed by atoms with E-state index in [4.69, 9.17) is 21.1 Å². The molecule has 4 rings (SSSR count). The Morgan fingerprint density at radius 3 is 2.10 bits per heavy atom. The van der Waals surface area contributed by atoms with Gasteiger partial charge in [0.25, 0.3) is 0 Å². The van der Waals surface area contributed by atoms with Gasteiger partial charge in [-0.15, -0.1) is 0 Å². The van der Waals surface area contributed by atoms with Gasteiger partial charge in [-0.3, -0.25) is 4.90 Å². The Morgan fingerprint density at radius 2 is 1.45 bits per heavy atom. The Balaban J connectivity index is 1.30. The van der Waals surface area contributed by atoms with Crippen LogP contribution >= 0.6 is 11.6 Å². The quantitative estimate of drug-likeness (QED) is 0.479. The first-order chi connectivity index (χ1) is 15.2. The van der Waals surface area contributed by atoms with Crippen molar-refractivity contribution >= 4 is 17.3 Å². The minimum atomic E-state index is -0.0842. The lowest BCUT2D eigenvalue weighted by atomic mass is 10.0. The average molecular weight is 437 g/mol. The van der Waals surface area contributed by atoms with Crippen LogP contribution in [0, 0.1) is 0 Å². The Kier molecular flexibility index (Phi) is 7.47. The standard InChI is InChI=1S/C26H29ClN2O2/c1-30-25-13-11-24(12-14-25)29-17-15-28(16-18-29)19-20-31-26(21-5-3-2-4-6-21)22-7-9-23(27)10-8-22/h2-14,26H,15-20H2,1H3. The van der Waals surface area contributed by atoms with Gasteiger partial charge in [0.15, 0.2) is 0 Å². The molecule has 1 unspecified atom stereocenters. The van der Waals surface area contributed by atoms with Crippen LogP contribution in [0.2, 0.25) is 5.02 Å². The number of rotatable bonds is 8. The molecule has 1 fully saturated rings. The first-order valence-electron chi connectivity index (χ1n) is 10.8. The van der Waals surface area contributed by atoms with Crippen molar-refractivity contribution in [2.45, 2.75) is 6.10 Å². The van der Waals surface area contributed by atoms with E-state index in [0.717, 1.165) is 54.6 Å². The van der Waals surface area contributed by atoms with Crippen molar-refractivity contribution in [2.75, 3.05) is 51.3 Å². The van der Waals surface area contributed by atoms with E-state index in [9.17, 15) is 0 Å². The molecular formula is C26H29ClN2O2. The molecule has 1 atom stereocenters. The zero-order valence-corrected chi connectivity index (χ0v) is 18.7. The third kappa shape index (κ3) is 5.79. The summed E-state index contributed by atoms with van der Waals surface area (Å²) in [5.41, 5.74) is 3.54. The van der Waals surface area contributed by atoms with Crippen LogP contribution in [0.3, 0.4) is 0 Å². The average Bonchev–Trinajstić information content (AvgIpc) is 2.84. The third-order valence-electron chi connectivity index (χ3n) is 5.78. The molecule has 5 heteroatoms. The highest BCUT2D eigenvalue weighted by Gasteiger charge is 2.19. The number of nitrogens with zero attached hydrogens (tertiary/aromatic N) is 2. The fourth-order valence-electron chi connectivity index (χ4n) is 3.97. The fraction of sp³-hybridized carbons (Fsp3) is 0.308. The van der Waals surface area contributed by atoms with E-state index >= 15 is 0 Å². The number of benzene rings is 3. The smallest absolute Gasteiger partial charge is 0.119 e. The maximum Gasteiger partial charge on any atom is 0.119 e. The second kappa shape index (κ2) is 10.7. The second-order valence-electron chi connectivity index (χ2n) is 7.74. The molecule has 1 aliphatic heterocycles. The van der Waals surface area contributed by atoms with Gasteiger partial charge in [0.2, 0.25) is 0 Å². The van der Waals surface area contributed by atoms with Crippen LogP contribution in [0.15, 0.2) is 78.9 Å². The van der Waals surface area contributed by atoms with E-state index < -0.39 is 0 Å². The highest BCUT2D eigenvalue weighted by atomic mass is 35.5. The van der Waals surface area contributed by atoms with E-state index in [0.29, 0.717) is 6.61 Å². The van der Waals surface area contributed by atoms with E-state index in [1.807, 2.05) is 42.5 Å². The van der Waals surface area contributed by atoms with Gasteiger partial charge in [-0.1, -0.05) is 54.1 Å². The maximum atomic E-state index is 6.38. The lowest BCUT2D eigenvalue weighted by Crippen LogP contribution is -2.47. The van der Waals surface area contributed by atoms with Gasteiger partial charge < -0.3 is 14.4 Å². The Morgan fingerprint density at radius 1 is 0.806 bits per heavy atom. The molecule has 162 valence electrons. The van der Waals surface area contributed by atoms with Crippen molar-refractivity contribution < 1.29 is 9.47 Å². The number of piperazine rings is 1. The van der Waals surface area contributed by atoms with Crippen LogP contribution in [0.1, 0.15) is 17.2 Å². The van der Waals surface area contributed by atoms with Gasteiger partial charge >= 0.3 is 0 Å². The lowest BCUT2D eigenvalue weighted by Gasteiger charge is -2.36. The number of hydrogen-bond acceptors (Lipinski definition) is 4. The Bertz CT molecular complexity index is 924. The number of anilines is 1. The van der Waals surface area contributed by atoms with Crippen LogP contribution in [-0.2, 0) is 4.74 Å². The molecule has 0 spiro atoms. The van der Waals surface area contributed by atoms with E-state index in [1.54, 1.807) is 7.11 Å². The molecule has 1 saturated heterocycles. The summed E-state index contributed by atoms with van der Waals surface area (Å²) < 4.78 is 11.6. The first kappa shape index (κ1) is 21.7. The van der Waals surface area contributed by atoms with Crippen molar-refractivity contribution in [2.24, 2.45) is 0 Å². The summed E-state index contributed by atoms with van der Waals surface area (Å²) in [5, 5.41) is 0.741. The highest BCUT2D eigenvalue weighted by Crippen LogP contribution is 2.27. The van der Waals surface area contributed by atoms with Crippen LogP contribution in [0.5, 0.6) is 5.75 Å². The van der Waals surface area contributed by atoms with Crippen LogP contribution in [-0.4, -0.2) is 51.3 Å². The van der Waals surface area contributed by atoms with Gasteiger partial charge in [-0.2, -0.15) is 0 Å². The van der Waals surface area contributed by atoms with Crippen molar-refractivity contribution in [1.82, 2.24) is 4.90 Å². The van der Waals surface area contributed by atoms with Crippen LogP contribution < -0.4 is 9.64 Å². The number of ether oxygens (including phenoxy) is 2. The highest BCUT2D eigenvalue weighted by molar-refractivity contribution is 6.30. The molecule has 0 aliphatic carbocycles. The van der Waals surface area contributed by atoms with Crippen LogP contribution in [0.4, 0.5) is 5.69 Å². The number of hydrogen-bond donors (Lipinski definition) is 0. The molecule has 1 heterocycles. The van der Waals surface area contributed by atoms with Crippen LogP contribution in [0.25, 0.3) is 0 Å². The van der Waals surface area contributed by atoms with Gasteiger partial charge in [-0.25, -0.2) is 0 Å². The summed E-state index contributed by atoms with van der Waals surface area (Å²) in [6, 6.07) is 26.6. The number of halogens is 1. The topological polar surface area (TPSA) is 24.9 Å². The molecule has 4 nitrogen and oxygen atoms in total. The van der Waals surface area contributed by atoms with Crippen molar-refractivity contribution in [3.8, 4) is 5.75 Å². The summed E-state index contributed by atoms with van der Waals surface area (Å²) >= 11 is 6.08. The lowest BCUT2D eigenvalue weighted by molar-refractivity contribution is 0.0586. The van der Waals surface area contributed by atoms with E-state index in [-0.39, 0.29) is 6.10 Å². The predicted molar refractivity (Wildman–Crippen MR) is 127 cm³/mol. The number of methoxy groups -OCH3 is 1. The largest absolute Gasteiger partial charge is 0.497 e. The fourth-order valence-corrected chi connectivity index (χ4v) is 4.10. The Hall–Kier alpha value is -2.53. The van der Waals surface area contributed by atoms with Crippen molar-refractivity contribution in [3.63, 3.8) is 0 Å². The van der Waals surface area contributed by atoms with Gasteiger partial charge in [-0.05, 0) is 47.5 Å². The summed E-state index contributed by atoms with van der Waals surface area (Å²) in [7, 11) is 1.70. The Labute approximate surface area is 190 Å². The zero-order chi connectivity index (χ0) is 21.5. The van der Waals surface area contributed by atoms with Gasteiger partial charge in [0, 0.05) is 43.4 Å². The zero-order valence-electron chi connectivity index (χ0n) is 17.9. The molecule has 3 aromatic rings. The molecule has 0 saturated carbocycles. The van der Waals surface area contributed by atoms with Crippen molar-refractivity contribution in [3.05, 3.63) is 95.0 Å². The molecule has 3 aromatic carbocycles. The SMILES string of the molecule is COc1ccc(N2CCN(CCOC(c3ccccc3)c3ccc(Cl)cc3)CC2)cc1. The molecule has 31 heavy (non-hydrogen) atoms. The molecule has 0 amide bonds. The molecule has 0 aromatic heterocycles. The molecule has 0 N–H and O–H groups in total. The predicted octanol–water partition coefficient (Wildman–Crippen LogP) is 5.28. The van der Waals surface area contributed by atoms with Gasteiger partial charge in [0.1, 0.15) is 11.9 Å².